The Morgan fingerprint density at radius 2 is 2.14 bits per heavy atom. The highest BCUT2D eigenvalue weighted by atomic mass is 32.2. The SMILES string of the molecule is CCc1ccc(S(=O)(=O)N2CC(c3nc(C(C)C)no3)C2)s1. The van der Waals surface area contributed by atoms with Gasteiger partial charge in [0.25, 0.3) is 10.0 Å². The third-order valence-electron chi connectivity index (χ3n) is 3.75. The van der Waals surface area contributed by atoms with Gasteiger partial charge in [-0.2, -0.15) is 9.29 Å². The predicted octanol–water partition coefficient (Wildman–Crippen LogP) is 2.61. The molecule has 8 heteroatoms. The van der Waals surface area contributed by atoms with Crippen LogP contribution >= 0.6 is 11.3 Å². The van der Waals surface area contributed by atoms with Gasteiger partial charge in [-0.25, -0.2) is 8.42 Å². The summed E-state index contributed by atoms with van der Waals surface area (Å²) in [5, 5.41) is 3.93. The molecular weight excluding hydrogens is 322 g/mol. The van der Waals surface area contributed by atoms with Gasteiger partial charge in [0.1, 0.15) is 4.21 Å². The smallest absolute Gasteiger partial charge is 0.252 e. The molecule has 0 radical (unpaired) electrons. The van der Waals surface area contributed by atoms with E-state index in [0.29, 0.717) is 29.0 Å². The number of thiophene rings is 1. The van der Waals surface area contributed by atoms with E-state index >= 15 is 0 Å². The molecule has 120 valence electrons. The van der Waals surface area contributed by atoms with E-state index in [2.05, 4.69) is 10.1 Å². The number of nitrogens with zero attached hydrogens (tertiary/aromatic N) is 3. The van der Waals surface area contributed by atoms with Crippen LogP contribution in [0.3, 0.4) is 0 Å². The fourth-order valence-electron chi connectivity index (χ4n) is 2.25. The molecule has 0 unspecified atom stereocenters. The van der Waals surface area contributed by atoms with Crippen LogP contribution in [-0.4, -0.2) is 36.0 Å². The third-order valence-corrected chi connectivity index (χ3v) is 7.28. The maximum absolute atomic E-state index is 12.5. The molecule has 0 bridgehead atoms. The second kappa shape index (κ2) is 5.75. The van der Waals surface area contributed by atoms with Crippen LogP contribution in [0.5, 0.6) is 0 Å². The number of sulfonamides is 1. The normalized spacial score (nSPS) is 17.1. The molecule has 0 aliphatic carbocycles. The van der Waals surface area contributed by atoms with Gasteiger partial charge in [0.2, 0.25) is 5.89 Å². The standard InChI is InChI=1S/C14H19N3O3S2/c1-4-11-5-6-12(21-11)22(18,19)17-7-10(8-17)14-15-13(9(2)3)16-20-14/h5-6,9-10H,4,7-8H2,1-3H3. The van der Waals surface area contributed by atoms with Crippen molar-refractivity contribution in [3.05, 3.63) is 28.7 Å². The van der Waals surface area contributed by atoms with Crippen molar-refractivity contribution >= 4 is 21.4 Å². The highest BCUT2D eigenvalue weighted by Gasteiger charge is 2.41. The molecule has 6 nitrogen and oxygen atoms in total. The molecule has 0 atom stereocenters. The lowest BCUT2D eigenvalue weighted by atomic mass is 10.0. The van der Waals surface area contributed by atoms with Gasteiger partial charge in [0.05, 0.1) is 5.92 Å². The summed E-state index contributed by atoms with van der Waals surface area (Å²) in [5.74, 6) is 1.41. The van der Waals surface area contributed by atoms with Crippen molar-refractivity contribution < 1.29 is 12.9 Å². The molecule has 1 saturated heterocycles. The van der Waals surface area contributed by atoms with Crippen molar-refractivity contribution in [1.82, 2.24) is 14.4 Å². The lowest BCUT2D eigenvalue weighted by Crippen LogP contribution is -2.48. The zero-order valence-corrected chi connectivity index (χ0v) is 14.4. The number of aryl methyl sites for hydroxylation is 1. The van der Waals surface area contributed by atoms with E-state index in [1.165, 1.54) is 15.6 Å². The average Bonchev–Trinajstić information content (AvgIpc) is 3.05. The second-order valence-corrected chi connectivity index (χ2v) is 9.07. The van der Waals surface area contributed by atoms with Gasteiger partial charge < -0.3 is 4.52 Å². The molecule has 2 aromatic rings. The van der Waals surface area contributed by atoms with E-state index < -0.39 is 10.0 Å². The number of hydrogen-bond acceptors (Lipinski definition) is 6. The molecule has 22 heavy (non-hydrogen) atoms. The molecule has 0 amide bonds. The lowest BCUT2D eigenvalue weighted by Gasteiger charge is -2.35. The highest BCUT2D eigenvalue weighted by molar-refractivity contribution is 7.91. The summed E-state index contributed by atoms with van der Waals surface area (Å²) in [4.78, 5) is 5.42. The summed E-state index contributed by atoms with van der Waals surface area (Å²) in [6.07, 6.45) is 0.850. The van der Waals surface area contributed by atoms with Gasteiger partial charge in [-0.15, -0.1) is 11.3 Å². The lowest BCUT2D eigenvalue weighted by molar-refractivity contribution is 0.217. The van der Waals surface area contributed by atoms with Crippen molar-refractivity contribution in [2.45, 2.75) is 43.2 Å². The Balaban J connectivity index is 1.69. The first-order valence-electron chi connectivity index (χ1n) is 7.34. The largest absolute Gasteiger partial charge is 0.339 e. The first-order chi connectivity index (χ1) is 10.4. The van der Waals surface area contributed by atoms with Crippen LogP contribution in [0, 0.1) is 0 Å². The van der Waals surface area contributed by atoms with E-state index in [-0.39, 0.29) is 11.8 Å². The van der Waals surface area contributed by atoms with Crippen LogP contribution < -0.4 is 0 Å². The van der Waals surface area contributed by atoms with Gasteiger partial charge in [0.15, 0.2) is 5.82 Å². The molecule has 0 saturated carbocycles. The van der Waals surface area contributed by atoms with Gasteiger partial charge in [-0.3, -0.25) is 0 Å². The first kappa shape index (κ1) is 15.6. The Morgan fingerprint density at radius 1 is 1.41 bits per heavy atom. The second-order valence-electron chi connectivity index (χ2n) is 5.74. The minimum absolute atomic E-state index is 0.000354. The predicted molar refractivity (Wildman–Crippen MR) is 83.6 cm³/mol. The highest BCUT2D eigenvalue weighted by Crippen LogP contribution is 2.34. The van der Waals surface area contributed by atoms with Crippen LogP contribution in [0.1, 0.15) is 49.2 Å². The molecular formula is C14H19N3O3S2. The summed E-state index contributed by atoms with van der Waals surface area (Å²) in [6, 6.07) is 3.57. The molecule has 3 rings (SSSR count). The van der Waals surface area contributed by atoms with Gasteiger partial charge in [-0.05, 0) is 18.6 Å². The van der Waals surface area contributed by atoms with Crippen LogP contribution in [0.2, 0.25) is 0 Å². The Labute approximate surface area is 134 Å². The van der Waals surface area contributed by atoms with Crippen molar-refractivity contribution in [2.75, 3.05) is 13.1 Å². The molecule has 0 N–H and O–H groups in total. The quantitative estimate of drug-likeness (QED) is 0.835. The molecule has 2 aromatic heterocycles. The van der Waals surface area contributed by atoms with Crippen LogP contribution in [-0.2, 0) is 16.4 Å². The topological polar surface area (TPSA) is 76.3 Å². The van der Waals surface area contributed by atoms with Crippen LogP contribution in [0.4, 0.5) is 0 Å². The maximum Gasteiger partial charge on any atom is 0.252 e. The summed E-state index contributed by atoms with van der Waals surface area (Å²) in [5.41, 5.74) is 0. The fraction of sp³-hybridized carbons (Fsp3) is 0.571. The number of hydrogen-bond donors (Lipinski definition) is 0. The minimum atomic E-state index is -3.38. The van der Waals surface area contributed by atoms with E-state index in [0.717, 1.165) is 11.3 Å². The van der Waals surface area contributed by atoms with E-state index in [1.54, 1.807) is 6.07 Å². The van der Waals surface area contributed by atoms with Crippen molar-refractivity contribution in [3.8, 4) is 0 Å². The van der Waals surface area contributed by atoms with Gasteiger partial charge >= 0.3 is 0 Å². The number of aromatic nitrogens is 2. The van der Waals surface area contributed by atoms with Crippen molar-refractivity contribution in [3.63, 3.8) is 0 Å². The third kappa shape index (κ3) is 2.70. The van der Waals surface area contributed by atoms with Crippen molar-refractivity contribution in [1.29, 1.82) is 0 Å². The summed E-state index contributed by atoms with van der Waals surface area (Å²) < 4.78 is 32.1. The monoisotopic (exact) mass is 341 g/mol. The Morgan fingerprint density at radius 3 is 2.68 bits per heavy atom. The number of rotatable bonds is 5. The van der Waals surface area contributed by atoms with Gasteiger partial charge in [0, 0.05) is 23.9 Å². The average molecular weight is 341 g/mol. The fourth-order valence-corrected chi connectivity index (χ4v) is 5.23. The van der Waals surface area contributed by atoms with Crippen LogP contribution in [0.25, 0.3) is 0 Å². The Bertz CT molecular complexity index is 758. The Kier molecular flexibility index (Phi) is 4.09. The van der Waals surface area contributed by atoms with E-state index in [9.17, 15) is 8.42 Å². The summed E-state index contributed by atoms with van der Waals surface area (Å²) in [7, 11) is -3.38. The molecule has 0 aromatic carbocycles. The molecule has 1 aliphatic heterocycles. The first-order valence-corrected chi connectivity index (χ1v) is 9.59. The summed E-state index contributed by atoms with van der Waals surface area (Å²) >= 11 is 1.34. The minimum Gasteiger partial charge on any atom is -0.339 e. The van der Waals surface area contributed by atoms with Crippen LogP contribution in [0.15, 0.2) is 20.9 Å². The van der Waals surface area contributed by atoms with Crippen molar-refractivity contribution in [2.24, 2.45) is 0 Å². The van der Waals surface area contributed by atoms with Gasteiger partial charge in [-0.1, -0.05) is 25.9 Å². The molecule has 3 heterocycles. The van der Waals surface area contributed by atoms with E-state index in [4.69, 9.17) is 4.52 Å². The van der Waals surface area contributed by atoms with E-state index in [1.807, 2.05) is 26.8 Å². The summed E-state index contributed by atoms with van der Waals surface area (Å²) in [6.45, 7) is 6.81. The zero-order valence-electron chi connectivity index (χ0n) is 12.8. The maximum atomic E-state index is 12.5. The Hall–Kier alpha value is -1.25. The molecule has 1 fully saturated rings. The molecule has 0 spiro atoms. The molecule has 1 aliphatic rings. The zero-order chi connectivity index (χ0) is 15.9.